The zero-order valence-electron chi connectivity index (χ0n) is 9.24. The number of alkyl halides is 1. The van der Waals surface area contributed by atoms with Crippen LogP contribution in [0.15, 0.2) is 0 Å². The van der Waals surface area contributed by atoms with Crippen molar-refractivity contribution in [2.45, 2.75) is 51.3 Å². The summed E-state index contributed by atoms with van der Waals surface area (Å²) in [5.41, 5.74) is -1.67. The number of hydrogen-bond donors (Lipinski definition) is 2. The van der Waals surface area contributed by atoms with Crippen LogP contribution in [0.4, 0.5) is 4.39 Å². The zero-order valence-corrected chi connectivity index (χ0v) is 9.24. The fourth-order valence-electron chi connectivity index (χ4n) is 2.65. The molecule has 0 amide bonds. The summed E-state index contributed by atoms with van der Waals surface area (Å²) in [5, 5.41) is 18.8. The van der Waals surface area contributed by atoms with Crippen LogP contribution in [0.5, 0.6) is 0 Å². The van der Waals surface area contributed by atoms with Gasteiger partial charge in [-0.2, -0.15) is 0 Å². The first-order valence-electron chi connectivity index (χ1n) is 5.49. The Morgan fingerprint density at radius 3 is 2.53 bits per heavy atom. The van der Waals surface area contributed by atoms with Gasteiger partial charge in [-0.1, -0.05) is 26.7 Å². The summed E-state index contributed by atoms with van der Waals surface area (Å²) in [4.78, 5) is 10.6. The van der Waals surface area contributed by atoms with Crippen molar-refractivity contribution >= 4 is 5.97 Å². The van der Waals surface area contributed by atoms with Gasteiger partial charge < -0.3 is 10.2 Å². The van der Waals surface area contributed by atoms with Crippen molar-refractivity contribution in [1.82, 2.24) is 0 Å². The first-order valence-corrected chi connectivity index (χ1v) is 5.49. The van der Waals surface area contributed by atoms with Crippen molar-refractivity contribution in [3.63, 3.8) is 0 Å². The van der Waals surface area contributed by atoms with Gasteiger partial charge in [0.15, 0.2) is 0 Å². The standard InChI is InChI=1S/C11H19FO3/c1-7(2)8-5-3-4-6-11(8,15)9(12)10(13)14/h7-9,15H,3-6H2,1-2H3,(H,13,14). The number of hydrogen-bond acceptors (Lipinski definition) is 2. The van der Waals surface area contributed by atoms with E-state index >= 15 is 0 Å². The number of carboxylic acid groups (broad SMARTS) is 1. The van der Waals surface area contributed by atoms with Crippen LogP contribution in [-0.2, 0) is 4.79 Å². The van der Waals surface area contributed by atoms with Gasteiger partial charge in [-0.05, 0) is 24.7 Å². The maximum atomic E-state index is 13.6. The fraction of sp³-hybridized carbons (Fsp3) is 0.909. The Kier molecular flexibility index (Phi) is 3.71. The second kappa shape index (κ2) is 4.47. The van der Waals surface area contributed by atoms with Crippen LogP contribution < -0.4 is 0 Å². The minimum Gasteiger partial charge on any atom is -0.479 e. The molecule has 0 radical (unpaired) electrons. The highest BCUT2D eigenvalue weighted by Crippen LogP contribution is 2.41. The Labute approximate surface area is 89.3 Å². The first kappa shape index (κ1) is 12.4. The average Bonchev–Trinajstić information content (AvgIpc) is 2.16. The van der Waals surface area contributed by atoms with Crippen LogP contribution in [0.1, 0.15) is 39.5 Å². The summed E-state index contributed by atoms with van der Waals surface area (Å²) in [6, 6.07) is 0. The van der Waals surface area contributed by atoms with Gasteiger partial charge in [0.1, 0.15) is 5.60 Å². The normalized spacial score (nSPS) is 34.1. The van der Waals surface area contributed by atoms with Gasteiger partial charge in [-0.3, -0.25) is 0 Å². The molecule has 4 heteroatoms. The van der Waals surface area contributed by atoms with Gasteiger partial charge in [0, 0.05) is 0 Å². The maximum absolute atomic E-state index is 13.6. The van der Waals surface area contributed by atoms with Gasteiger partial charge in [-0.15, -0.1) is 0 Å². The summed E-state index contributed by atoms with van der Waals surface area (Å²) in [6.45, 7) is 3.80. The van der Waals surface area contributed by atoms with E-state index in [2.05, 4.69) is 0 Å². The van der Waals surface area contributed by atoms with E-state index in [1.165, 1.54) is 0 Å². The predicted octanol–water partition coefficient (Wildman–Crippen LogP) is 1.99. The van der Waals surface area contributed by atoms with Crippen molar-refractivity contribution < 1.29 is 19.4 Å². The number of carbonyl (C=O) groups is 1. The third-order valence-electron chi connectivity index (χ3n) is 3.44. The van der Waals surface area contributed by atoms with Crippen molar-refractivity contribution in [3.05, 3.63) is 0 Å². The predicted molar refractivity (Wildman–Crippen MR) is 54.3 cm³/mol. The molecule has 3 unspecified atom stereocenters. The Morgan fingerprint density at radius 1 is 1.47 bits per heavy atom. The molecule has 0 heterocycles. The molecular formula is C11H19FO3. The van der Waals surface area contributed by atoms with Crippen LogP contribution in [0.25, 0.3) is 0 Å². The second-order valence-corrected chi connectivity index (χ2v) is 4.79. The molecule has 0 aliphatic heterocycles. The molecule has 0 bridgehead atoms. The maximum Gasteiger partial charge on any atom is 0.341 e. The van der Waals surface area contributed by atoms with E-state index in [9.17, 15) is 14.3 Å². The lowest BCUT2D eigenvalue weighted by Gasteiger charge is -2.42. The second-order valence-electron chi connectivity index (χ2n) is 4.79. The molecule has 3 nitrogen and oxygen atoms in total. The van der Waals surface area contributed by atoms with Crippen molar-refractivity contribution in [1.29, 1.82) is 0 Å². The fourth-order valence-corrected chi connectivity index (χ4v) is 2.65. The largest absolute Gasteiger partial charge is 0.479 e. The van der Waals surface area contributed by atoms with Gasteiger partial charge in [0.05, 0.1) is 0 Å². The molecule has 0 aromatic rings. The number of aliphatic carboxylic acids is 1. The van der Waals surface area contributed by atoms with Crippen molar-refractivity contribution in [3.8, 4) is 0 Å². The Hall–Kier alpha value is -0.640. The van der Waals surface area contributed by atoms with Crippen LogP contribution in [0.2, 0.25) is 0 Å². The van der Waals surface area contributed by atoms with E-state index in [-0.39, 0.29) is 18.3 Å². The molecule has 1 aliphatic carbocycles. The highest BCUT2D eigenvalue weighted by molar-refractivity contribution is 5.73. The molecule has 0 aromatic carbocycles. The third kappa shape index (κ3) is 2.30. The molecule has 3 atom stereocenters. The Morgan fingerprint density at radius 2 is 2.07 bits per heavy atom. The summed E-state index contributed by atoms with van der Waals surface area (Å²) >= 11 is 0. The van der Waals surface area contributed by atoms with Crippen LogP contribution in [0, 0.1) is 11.8 Å². The van der Waals surface area contributed by atoms with Gasteiger partial charge >= 0.3 is 5.97 Å². The Balaban J connectivity index is 2.89. The molecule has 1 fully saturated rings. The lowest BCUT2D eigenvalue weighted by atomic mass is 9.68. The van der Waals surface area contributed by atoms with Gasteiger partial charge in [0.2, 0.25) is 6.17 Å². The highest BCUT2D eigenvalue weighted by Gasteiger charge is 2.50. The van der Waals surface area contributed by atoms with Crippen LogP contribution in [0.3, 0.4) is 0 Å². The third-order valence-corrected chi connectivity index (χ3v) is 3.44. The molecule has 1 aliphatic rings. The average molecular weight is 218 g/mol. The van der Waals surface area contributed by atoms with Crippen molar-refractivity contribution in [2.24, 2.45) is 11.8 Å². The van der Waals surface area contributed by atoms with E-state index in [4.69, 9.17) is 5.11 Å². The van der Waals surface area contributed by atoms with Crippen molar-refractivity contribution in [2.75, 3.05) is 0 Å². The lowest BCUT2D eigenvalue weighted by Crippen LogP contribution is -2.53. The lowest BCUT2D eigenvalue weighted by molar-refractivity contribution is -0.167. The molecule has 0 spiro atoms. The monoisotopic (exact) mass is 218 g/mol. The molecule has 1 saturated carbocycles. The van der Waals surface area contributed by atoms with Crippen LogP contribution in [-0.4, -0.2) is 28.0 Å². The molecular weight excluding hydrogens is 199 g/mol. The summed E-state index contributed by atoms with van der Waals surface area (Å²) in [5.74, 6) is -1.70. The first-order chi connectivity index (χ1) is 6.89. The topological polar surface area (TPSA) is 57.5 Å². The summed E-state index contributed by atoms with van der Waals surface area (Å²) in [6.07, 6.45) is 0.445. The SMILES string of the molecule is CC(C)C1CCCCC1(O)C(F)C(=O)O. The molecule has 1 rings (SSSR count). The minimum absolute atomic E-state index is 0.105. The number of halogens is 1. The van der Waals surface area contributed by atoms with Gasteiger partial charge in [-0.25, -0.2) is 9.18 Å². The molecule has 15 heavy (non-hydrogen) atoms. The molecule has 0 saturated heterocycles. The van der Waals surface area contributed by atoms with E-state index < -0.39 is 17.7 Å². The smallest absolute Gasteiger partial charge is 0.341 e. The van der Waals surface area contributed by atoms with E-state index in [0.29, 0.717) is 12.8 Å². The van der Waals surface area contributed by atoms with Crippen LogP contribution >= 0.6 is 0 Å². The minimum atomic E-state index is -2.16. The number of rotatable bonds is 3. The number of aliphatic hydroxyl groups is 1. The summed E-state index contributed by atoms with van der Waals surface area (Å²) in [7, 11) is 0. The molecule has 0 aromatic heterocycles. The molecule has 88 valence electrons. The number of carboxylic acids is 1. The van der Waals surface area contributed by atoms with Gasteiger partial charge in [0.25, 0.3) is 0 Å². The quantitative estimate of drug-likeness (QED) is 0.761. The zero-order chi connectivity index (χ0) is 11.6. The Bertz CT molecular complexity index is 242. The van der Waals surface area contributed by atoms with E-state index in [1.807, 2.05) is 13.8 Å². The highest BCUT2D eigenvalue weighted by atomic mass is 19.1. The van der Waals surface area contributed by atoms with E-state index in [0.717, 1.165) is 6.42 Å². The van der Waals surface area contributed by atoms with E-state index in [1.54, 1.807) is 0 Å². The molecule has 2 N–H and O–H groups in total. The summed E-state index contributed by atoms with van der Waals surface area (Å²) < 4.78 is 13.6.